The van der Waals surface area contributed by atoms with Gasteiger partial charge in [0, 0.05) is 19.0 Å². The van der Waals surface area contributed by atoms with Gasteiger partial charge in [0.25, 0.3) is 0 Å². The number of nitrogens with zero attached hydrogens (tertiary/aromatic N) is 1. The van der Waals surface area contributed by atoms with Gasteiger partial charge in [-0.05, 0) is 0 Å². The van der Waals surface area contributed by atoms with E-state index in [-0.39, 0.29) is 25.6 Å². The Hall–Kier alpha value is -1.31. The number of ether oxygens (including phenoxy) is 1. The lowest BCUT2D eigenvalue weighted by molar-refractivity contribution is -0.192. The molecule has 0 atom stereocenters. The molecule has 16 heavy (non-hydrogen) atoms. The van der Waals surface area contributed by atoms with Crippen molar-refractivity contribution >= 4 is 11.9 Å². The summed E-state index contributed by atoms with van der Waals surface area (Å²) in [6.45, 7) is -0.520. The number of likely N-dealkylation sites (tertiary alicyclic amines) is 1. The molecule has 1 aliphatic heterocycles. The summed E-state index contributed by atoms with van der Waals surface area (Å²) in [6, 6.07) is 0. The maximum absolute atomic E-state index is 11.9. The van der Waals surface area contributed by atoms with Crippen LogP contribution in [0.1, 0.15) is 0 Å². The Kier molecular flexibility index (Phi) is 3.74. The van der Waals surface area contributed by atoms with Crippen LogP contribution in [0.3, 0.4) is 0 Å². The Bertz CT molecular complexity index is 285. The summed E-state index contributed by atoms with van der Waals surface area (Å²) >= 11 is 0. The number of aliphatic carboxylic acids is 1. The predicted octanol–water partition coefficient (Wildman–Crippen LogP) is 0.108. The molecule has 1 rings (SSSR count). The highest BCUT2D eigenvalue weighted by atomic mass is 19.4. The molecule has 0 radical (unpaired) electrons. The molecule has 1 heterocycles. The maximum Gasteiger partial charge on any atom is 0.471 e. The third-order valence-corrected chi connectivity index (χ3v) is 2.07. The van der Waals surface area contributed by atoms with Crippen molar-refractivity contribution in [3.8, 4) is 0 Å². The second-order valence-corrected chi connectivity index (χ2v) is 3.48. The Morgan fingerprint density at radius 2 is 1.94 bits per heavy atom. The van der Waals surface area contributed by atoms with Crippen LogP contribution in [-0.4, -0.2) is 54.4 Å². The van der Waals surface area contributed by atoms with Gasteiger partial charge in [0.15, 0.2) is 0 Å². The standard InChI is InChI=1S/C8H10F3NO4/c9-8(10,11)7(15)12-1-5(2-12)3-16-4-6(13)14/h5H,1-4H2,(H,13,14). The lowest BCUT2D eigenvalue weighted by Crippen LogP contribution is -2.55. The molecule has 0 aromatic rings. The monoisotopic (exact) mass is 241 g/mol. The molecule has 1 N–H and O–H groups in total. The molecule has 1 saturated heterocycles. The van der Waals surface area contributed by atoms with E-state index in [0.717, 1.165) is 0 Å². The Morgan fingerprint density at radius 1 is 1.38 bits per heavy atom. The average molecular weight is 241 g/mol. The van der Waals surface area contributed by atoms with Crippen LogP contribution < -0.4 is 0 Å². The molecule has 0 spiro atoms. The van der Waals surface area contributed by atoms with Gasteiger partial charge >= 0.3 is 18.1 Å². The summed E-state index contributed by atoms with van der Waals surface area (Å²) in [4.78, 5) is 21.4. The number of carbonyl (C=O) groups excluding carboxylic acids is 1. The summed E-state index contributed by atoms with van der Waals surface area (Å²) in [5.74, 6) is -3.21. The minimum Gasteiger partial charge on any atom is -0.480 e. The minimum atomic E-state index is -4.84. The van der Waals surface area contributed by atoms with Gasteiger partial charge in [-0.1, -0.05) is 0 Å². The minimum absolute atomic E-state index is 0.0437. The van der Waals surface area contributed by atoms with Crippen LogP contribution in [0.15, 0.2) is 0 Å². The van der Waals surface area contributed by atoms with Gasteiger partial charge in [0.2, 0.25) is 0 Å². The Labute approximate surface area is 88.8 Å². The third kappa shape index (κ3) is 3.37. The number of carboxylic acid groups (broad SMARTS) is 1. The van der Waals surface area contributed by atoms with E-state index in [1.807, 2.05) is 0 Å². The van der Waals surface area contributed by atoms with Crippen LogP contribution in [0.4, 0.5) is 13.2 Å². The number of carboxylic acids is 1. The van der Waals surface area contributed by atoms with Crippen molar-refractivity contribution in [3.63, 3.8) is 0 Å². The topological polar surface area (TPSA) is 66.8 Å². The summed E-state index contributed by atoms with van der Waals surface area (Å²) in [5, 5.41) is 8.23. The Balaban J connectivity index is 2.18. The third-order valence-electron chi connectivity index (χ3n) is 2.07. The summed E-state index contributed by atoms with van der Waals surface area (Å²) in [7, 11) is 0. The van der Waals surface area contributed by atoms with E-state index < -0.39 is 24.7 Å². The zero-order chi connectivity index (χ0) is 12.3. The van der Waals surface area contributed by atoms with Gasteiger partial charge in [-0.15, -0.1) is 0 Å². The predicted molar refractivity (Wildman–Crippen MR) is 44.6 cm³/mol. The van der Waals surface area contributed by atoms with E-state index in [0.29, 0.717) is 4.90 Å². The van der Waals surface area contributed by atoms with E-state index in [2.05, 4.69) is 0 Å². The van der Waals surface area contributed by atoms with Crippen LogP contribution in [0.2, 0.25) is 0 Å². The molecule has 0 saturated carbocycles. The molecule has 5 nitrogen and oxygen atoms in total. The number of amides is 1. The van der Waals surface area contributed by atoms with E-state index in [4.69, 9.17) is 9.84 Å². The van der Waals surface area contributed by atoms with E-state index in [1.165, 1.54) is 0 Å². The first kappa shape index (κ1) is 12.8. The first-order chi connectivity index (χ1) is 7.30. The highest BCUT2D eigenvalue weighted by Gasteiger charge is 2.46. The Morgan fingerprint density at radius 3 is 2.38 bits per heavy atom. The number of hydrogen-bond donors (Lipinski definition) is 1. The lowest BCUT2D eigenvalue weighted by atomic mass is 10.0. The largest absolute Gasteiger partial charge is 0.480 e. The number of carbonyl (C=O) groups is 2. The fourth-order valence-corrected chi connectivity index (χ4v) is 1.33. The van der Waals surface area contributed by atoms with Gasteiger partial charge < -0.3 is 14.7 Å². The quantitative estimate of drug-likeness (QED) is 0.758. The van der Waals surface area contributed by atoms with Crippen LogP contribution >= 0.6 is 0 Å². The molecule has 0 aromatic carbocycles. The zero-order valence-corrected chi connectivity index (χ0v) is 8.16. The molecule has 8 heteroatoms. The van der Waals surface area contributed by atoms with Crippen molar-refractivity contribution < 1.29 is 32.6 Å². The summed E-state index contributed by atoms with van der Waals surface area (Å²) < 4.78 is 40.4. The summed E-state index contributed by atoms with van der Waals surface area (Å²) in [5.41, 5.74) is 0. The molecule has 0 aromatic heterocycles. The second-order valence-electron chi connectivity index (χ2n) is 3.48. The zero-order valence-electron chi connectivity index (χ0n) is 8.16. The van der Waals surface area contributed by atoms with Crippen LogP contribution in [0, 0.1) is 5.92 Å². The van der Waals surface area contributed by atoms with Crippen molar-refractivity contribution in [1.29, 1.82) is 0 Å². The molecule has 0 bridgehead atoms. The van der Waals surface area contributed by atoms with Crippen molar-refractivity contribution in [3.05, 3.63) is 0 Å². The van der Waals surface area contributed by atoms with Crippen LogP contribution in [-0.2, 0) is 14.3 Å². The van der Waals surface area contributed by atoms with Crippen LogP contribution in [0.5, 0.6) is 0 Å². The number of halogens is 3. The van der Waals surface area contributed by atoms with E-state index in [9.17, 15) is 22.8 Å². The SMILES string of the molecule is O=C(O)COCC1CN(C(=O)C(F)(F)F)C1. The van der Waals surface area contributed by atoms with Crippen molar-refractivity contribution in [2.75, 3.05) is 26.3 Å². The first-order valence-corrected chi connectivity index (χ1v) is 4.46. The van der Waals surface area contributed by atoms with Crippen molar-refractivity contribution in [2.45, 2.75) is 6.18 Å². The van der Waals surface area contributed by atoms with Gasteiger partial charge in [-0.25, -0.2) is 4.79 Å². The van der Waals surface area contributed by atoms with E-state index in [1.54, 1.807) is 0 Å². The van der Waals surface area contributed by atoms with Crippen molar-refractivity contribution in [2.24, 2.45) is 5.92 Å². The van der Waals surface area contributed by atoms with Gasteiger partial charge in [-0.2, -0.15) is 13.2 Å². The fraction of sp³-hybridized carbons (Fsp3) is 0.750. The van der Waals surface area contributed by atoms with Crippen LogP contribution in [0.25, 0.3) is 0 Å². The molecule has 1 amide bonds. The normalized spacial score (nSPS) is 17.1. The smallest absolute Gasteiger partial charge is 0.471 e. The van der Waals surface area contributed by atoms with Gasteiger partial charge in [0.1, 0.15) is 6.61 Å². The first-order valence-electron chi connectivity index (χ1n) is 4.46. The highest BCUT2D eigenvalue weighted by Crippen LogP contribution is 2.24. The lowest BCUT2D eigenvalue weighted by Gasteiger charge is -2.39. The fourth-order valence-electron chi connectivity index (χ4n) is 1.33. The molecule has 1 fully saturated rings. The van der Waals surface area contributed by atoms with E-state index >= 15 is 0 Å². The number of rotatable bonds is 4. The second kappa shape index (κ2) is 4.69. The molecule has 0 unspecified atom stereocenters. The van der Waals surface area contributed by atoms with Gasteiger partial charge in [0.05, 0.1) is 6.61 Å². The number of hydrogen-bond acceptors (Lipinski definition) is 3. The maximum atomic E-state index is 11.9. The van der Waals surface area contributed by atoms with Gasteiger partial charge in [-0.3, -0.25) is 4.79 Å². The molecular weight excluding hydrogens is 231 g/mol. The molecular formula is C8H10F3NO4. The highest BCUT2D eigenvalue weighted by molar-refractivity contribution is 5.82. The summed E-state index contributed by atoms with van der Waals surface area (Å²) in [6.07, 6.45) is -4.84. The average Bonchev–Trinajstić information content (AvgIpc) is 2.05. The molecule has 92 valence electrons. The number of alkyl halides is 3. The molecule has 1 aliphatic rings. The molecule has 0 aliphatic carbocycles. The van der Waals surface area contributed by atoms with Crippen molar-refractivity contribution in [1.82, 2.24) is 4.90 Å².